The Hall–Kier alpha value is -1.88. The van der Waals surface area contributed by atoms with Crippen molar-refractivity contribution in [3.8, 4) is 0 Å². The lowest BCUT2D eigenvalue weighted by atomic mass is 10.0. The fourth-order valence-corrected chi connectivity index (χ4v) is 2.48. The first-order valence-corrected chi connectivity index (χ1v) is 5.44. The van der Waals surface area contributed by atoms with Gasteiger partial charge in [0.05, 0.1) is 5.52 Å². The highest BCUT2D eigenvalue weighted by molar-refractivity contribution is 5.93. The SMILES string of the molecule is O=C(O)n1c2c(c3cc(F)ccc31)CCNC2. The van der Waals surface area contributed by atoms with Gasteiger partial charge in [-0.1, -0.05) is 0 Å². The van der Waals surface area contributed by atoms with Crippen LogP contribution in [0, 0.1) is 5.82 Å². The number of carbonyl (C=O) groups is 1. The van der Waals surface area contributed by atoms with Crippen LogP contribution in [0.25, 0.3) is 10.9 Å². The summed E-state index contributed by atoms with van der Waals surface area (Å²) in [6, 6.07) is 4.23. The van der Waals surface area contributed by atoms with E-state index in [1.54, 1.807) is 0 Å². The largest absolute Gasteiger partial charge is 0.464 e. The maximum absolute atomic E-state index is 13.2. The summed E-state index contributed by atoms with van der Waals surface area (Å²) in [6.45, 7) is 1.31. The zero-order valence-corrected chi connectivity index (χ0v) is 9.03. The molecule has 0 saturated heterocycles. The Morgan fingerprint density at radius 1 is 1.47 bits per heavy atom. The number of fused-ring (bicyclic) bond motifs is 3. The van der Waals surface area contributed by atoms with Crippen LogP contribution in [0.4, 0.5) is 9.18 Å². The molecule has 3 rings (SSSR count). The Morgan fingerprint density at radius 2 is 2.29 bits per heavy atom. The summed E-state index contributed by atoms with van der Waals surface area (Å²) >= 11 is 0. The molecular formula is C12H11FN2O2. The quantitative estimate of drug-likeness (QED) is 0.732. The zero-order chi connectivity index (χ0) is 12.0. The first-order chi connectivity index (χ1) is 8.18. The molecule has 2 N–H and O–H groups in total. The highest BCUT2D eigenvalue weighted by Gasteiger charge is 2.22. The minimum absolute atomic E-state index is 0.332. The molecule has 1 aromatic heterocycles. The molecule has 17 heavy (non-hydrogen) atoms. The summed E-state index contributed by atoms with van der Waals surface area (Å²) < 4.78 is 14.5. The van der Waals surface area contributed by atoms with Gasteiger partial charge in [0.2, 0.25) is 0 Å². The molecule has 0 atom stereocenters. The number of nitrogens with one attached hydrogen (secondary N) is 1. The van der Waals surface area contributed by atoms with Gasteiger partial charge < -0.3 is 10.4 Å². The molecule has 1 aliphatic rings. The Bertz CT molecular complexity index is 618. The molecular weight excluding hydrogens is 223 g/mol. The van der Waals surface area contributed by atoms with Gasteiger partial charge >= 0.3 is 6.09 Å². The van der Waals surface area contributed by atoms with E-state index in [1.807, 2.05) is 0 Å². The summed E-state index contributed by atoms with van der Waals surface area (Å²) in [7, 11) is 0. The van der Waals surface area contributed by atoms with Crippen LogP contribution in [0.15, 0.2) is 18.2 Å². The Labute approximate surface area is 96.7 Å². The summed E-state index contributed by atoms with van der Waals surface area (Å²) in [5, 5.41) is 13.1. The standard InChI is InChI=1S/C12H11FN2O2/c13-7-1-2-10-9(5-7)8-3-4-14-6-11(8)15(10)12(16)17/h1-2,5,14H,3-4,6H2,(H,16,17). The second-order valence-electron chi connectivity index (χ2n) is 4.13. The van der Waals surface area contributed by atoms with Crippen molar-refractivity contribution in [3.05, 3.63) is 35.3 Å². The third kappa shape index (κ3) is 1.43. The predicted molar refractivity (Wildman–Crippen MR) is 60.7 cm³/mol. The molecule has 1 aliphatic heterocycles. The van der Waals surface area contributed by atoms with E-state index in [2.05, 4.69) is 5.32 Å². The van der Waals surface area contributed by atoms with Crippen molar-refractivity contribution >= 4 is 17.0 Å². The minimum atomic E-state index is -1.02. The lowest BCUT2D eigenvalue weighted by Gasteiger charge is -2.14. The van der Waals surface area contributed by atoms with Crippen molar-refractivity contribution in [1.29, 1.82) is 0 Å². The number of rotatable bonds is 0. The van der Waals surface area contributed by atoms with Crippen LogP contribution in [-0.2, 0) is 13.0 Å². The third-order valence-electron chi connectivity index (χ3n) is 3.18. The van der Waals surface area contributed by atoms with E-state index >= 15 is 0 Å². The van der Waals surface area contributed by atoms with Gasteiger partial charge in [-0.3, -0.25) is 0 Å². The molecule has 0 aliphatic carbocycles. The molecule has 0 saturated carbocycles. The maximum atomic E-state index is 13.2. The Kier molecular flexibility index (Phi) is 2.16. The van der Waals surface area contributed by atoms with Crippen LogP contribution >= 0.6 is 0 Å². The van der Waals surface area contributed by atoms with E-state index in [0.717, 1.165) is 24.2 Å². The zero-order valence-electron chi connectivity index (χ0n) is 9.03. The third-order valence-corrected chi connectivity index (χ3v) is 3.18. The molecule has 2 heterocycles. The molecule has 0 amide bonds. The molecule has 2 aromatic rings. The van der Waals surface area contributed by atoms with Crippen LogP contribution in [0.1, 0.15) is 11.3 Å². The predicted octanol–water partition coefficient (Wildman–Crippen LogP) is 1.95. The molecule has 4 nitrogen and oxygen atoms in total. The highest BCUT2D eigenvalue weighted by Crippen LogP contribution is 2.29. The first-order valence-electron chi connectivity index (χ1n) is 5.44. The van der Waals surface area contributed by atoms with E-state index < -0.39 is 6.09 Å². The number of carboxylic acid groups (broad SMARTS) is 1. The molecule has 0 spiro atoms. The molecule has 0 unspecified atom stereocenters. The van der Waals surface area contributed by atoms with E-state index in [4.69, 9.17) is 0 Å². The average Bonchev–Trinajstić information content (AvgIpc) is 2.63. The van der Waals surface area contributed by atoms with Crippen LogP contribution < -0.4 is 5.32 Å². The molecule has 0 bridgehead atoms. The van der Waals surface area contributed by atoms with Gasteiger partial charge in [-0.25, -0.2) is 13.8 Å². The maximum Gasteiger partial charge on any atom is 0.416 e. The van der Waals surface area contributed by atoms with E-state index in [-0.39, 0.29) is 5.82 Å². The summed E-state index contributed by atoms with van der Waals surface area (Å²) in [4.78, 5) is 11.3. The first kappa shape index (κ1) is 10.3. The fraction of sp³-hybridized carbons (Fsp3) is 0.250. The normalized spacial score (nSPS) is 14.9. The Morgan fingerprint density at radius 3 is 3.06 bits per heavy atom. The van der Waals surface area contributed by atoms with Gasteiger partial charge in [0.1, 0.15) is 5.82 Å². The number of aromatic nitrogens is 1. The summed E-state index contributed by atoms with van der Waals surface area (Å²) in [6.07, 6.45) is -0.290. The monoisotopic (exact) mass is 234 g/mol. The Balaban J connectivity index is 2.41. The lowest BCUT2D eigenvalue weighted by molar-refractivity contribution is 0.196. The van der Waals surface area contributed by atoms with Crippen molar-refractivity contribution in [3.63, 3.8) is 0 Å². The smallest absolute Gasteiger partial charge is 0.416 e. The molecule has 0 fully saturated rings. The number of hydrogen-bond acceptors (Lipinski definition) is 2. The van der Waals surface area contributed by atoms with Crippen molar-refractivity contribution in [1.82, 2.24) is 9.88 Å². The minimum Gasteiger partial charge on any atom is -0.464 e. The fourth-order valence-electron chi connectivity index (χ4n) is 2.48. The summed E-state index contributed by atoms with van der Waals surface area (Å²) in [5.41, 5.74) is 2.23. The number of benzene rings is 1. The van der Waals surface area contributed by atoms with Gasteiger partial charge in [-0.15, -0.1) is 0 Å². The van der Waals surface area contributed by atoms with Gasteiger partial charge in [-0.05, 0) is 36.7 Å². The number of hydrogen-bond donors (Lipinski definition) is 2. The van der Waals surface area contributed by atoms with E-state index in [0.29, 0.717) is 17.4 Å². The van der Waals surface area contributed by atoms with Crippen molar-refractivity contribution < 1.29 is 14.3 Å². The van der Waals surface area contributed by atoms with E-state index in [9.17, 15) is 14.3 Å². The van der Waals surface area contributed by atoms with Gasteiger partial charge in [0, 0.05) is 17.6 Å². The second kappa shape index (κ2) is 3.56. The van der Waals surface area contributed by atoms with Gasteiger partial charge in [0.25, 0.3) is 0 Å². The van der Waals surface area contributed by atoms with Crippen LogP contribution in [-0.4, -0.2) is 22.3 Å². The van der Waals surface area contributed by atoms with Crippen molar-refractivity contribution in [2.45, 2.75) is 13.0 Å². The van der Waals surface area contributed by atoms with E-state index in [1.165, 1.54) is 22.8 Å². The number of halogens is 1. The topological polar surface area (TPSA) is 54.3 Å². The molecule has 88 valence electrons. The molecule has 0 radical (unpaired) electrons. The summed E-state index contributed by atoms with van der Waals surface area (Å²) in [5.74, 6) is -0.332. The van der Waals surface area contributed by atoms with Gasteiger partial charge in [0.15, 0.2) is 0 Å². The van der Waals surface area contributed by atoms with Crippen LogP contribution in [0.2, 0.25) is 0 Å². The second-order valence-corrected chi connectivity index (χ2v) is 4.13. The van der Waals surface area contributed by atoms with Crippen molar-refractivity contribution in [2.24, 2.45) is 0 Å². The van der Waals surface area contributed by atoms with Crippen LogP contribution in [0.3, 0.4) is 0 Å². The molecule has 5 heteroatoms. The van der Waals surface area contributed by atoms with Crippen molar-refractivity contribution in [2.75, 3.05) is 6.54 Å². The average molecular weight is 234 g/mol. The lowest BCUT2D eigenvalue weighted by Crippen LogP contribution is -2.26. The van der Waals surface area contributed by atoms with Crippen LogP contribution in [0.5, 0.6) is 0 Å². The highest BCUT2D eigenvalue weighted by atomic mass is 19.1. The number of nitrogens with zero attached hydrogens (tertiary/aromatic N) is 1. The molecule has 1 aromatic carbocycles. The van der Waals surface area contributed by atoms with Gasteiger partial charge in [-0.2, -0.15) is 0 Å².